The van der Waals surface area contributed by atoms with Crippen molar-refractivity contribution in [3.8, 4) is 5.75 Å². The van der Waals surface area contributed by atoms with Gasteiger partial charge in [0, 0.05) is 11.6 Å². The van der Waals surface area contributed by atoms with E-state index in [1.807, 2.05) is 0 Å². The number of ether oxygens (including phenoxy) is 1. The number of hydrogen-bond acceptors (Lipinski definition) is 2. The third-order valence-corrected chi connectivity index (χ3v) is 3.62. The molecule has 1 unspecified atom stereocenters. The van der Waals surface area contributed by atoms with Crippen molar-refractivity contribution in [3.05, 3.63) is 64.7 Å². The van der Waals surface area contributed by atoms with Crippen molar-refractivity contribution in [2.75, 3.05) is 0 Å². The van der Waals surface area contributed by atoms with Gasteiger partial charge in [-0.25, -0.2) is 0 Å². The Morgan fingerprint density at radius 3 is 2.58 bits per heavy atom. The molecule has 2 rings (SSSR count). The van der Waals surface area contributed by atoms with Crippen molar-refractivity contribution in [2.24, 2.45) is 0 Å². The highest BCUT2D eigenvalue weighted by Gasteiger charge is 2.30. The van der Waals surface area contributed by atoms with Crippen molar-refractivity contribution in [3.63, 3.8) is 0 Å². The lowest BCUT2D eigenvalue weighted by Gasteiger charge is -2.16. The SMILES string of the molecule is CC(Oc1cccc(C(F)(F)F)c1)C(=O)NCc1ccccc1Cl. The maximum Gasteiger partial charge on any atom is 0.416 e. The van der Waals surface area contributed by atoms with E-state index in [-0.39, 0.29) is 12.3 Å². The first-order chi connectivity index (χ1) is 11.3. The first-order valence-electron chi connectivity index (χ1n) is 7.12. The second-order valence-electron chi connectivity index (χ2n) is 5.09. The summed E-state index contributed by atoms with van der Waals surface area (Å²) in [5.74, 6) is -0.474. The van der Waals surface area contributed by atoms with Crippen molar-refractivity contribution in [1.29, 1.82) is 0 Å². The monoisotopic (exact) mass is 357 g/mol. The summed E-state index contributed by atoms with van der Waals surface area (Å²) in [6.45, 7) is 1.66. The molecule has 3 nitrogen and oxygen atoms in total. The molecular weight excluding hydrogens is 343 g/mol. The number of amides is 1. The number of carbonyl (C=O) groups excluding carboxylic acids is 1. The Kier molecular flexibility index (Phi) is 5.72. The third kappa shape index (κ3) is 4.89. The molecule has 0 bridgehead atoms. The van der Waals surface area contributed by atoms with E-state index in [4.69, 9.17) is 16.3 Å². The summed E-state index contributed by atoms with van der Waals surface area (Å²) in [5.41, 5.74) is -0.0949. The van der Waals surface area contributed by atoms with Gasteiger partial charge >= 0.3 is 6.18 Å². The molecule has 7 heteroatoms. The molecule has 0 heterocycles. The van der Waals surface area contributed by atoms with Gasteiger partial charge in [-0.3, -0.25) is 4.79 Å². The molecule has 0 aliphatic heterocycles. The van der Waals surface area contributed by atoms with E-state index in [0.717, 1.165) is 17.7 Å². The molecule has 1 amide bonds. The average molecular weight is 358 g/mol. The summed E-state index contributed by atoms with van der Waals surface area (Å²) in [4.78, 5) is 12.0. The molecular formula is C17H15ClF3NO2. The van der Waals surface area contributed by atoms with Crippen LogP contribution in [0.3, 0.4) is 0 Å². The predicted molar refractivity (Wildman–Crippen MR) is 84.8 cm³/mol. The second kappa shape index (κ2) is 7.57. The van der Waals surface area contributed by atoms with Crippen molar-refractivity contribution < 1.29 is 22.7 Å². The highest BCUT2D eigenvalue weighted by molar-refractivity contribution is 6.31. The fourth-order valence-corrected chi connectivity index (χ4v) is 2.17. The molecule has 24 heavy (non-hydrogen) atoms. The van der Waals surface area contributed by atoms with E-state index >= 15 is 0 Å². The molecule has 0 spiro atoms. The second-order valence-corrected chi connectivity index (χ2v) is 5.50. The van der Waals surface area contributed by atoms with Gasteiger partial charge in [0.2, 0.25) is 0 Å². The molecule has 2 aromatic carbocycles. The Bertz CT molecular complexity index is 719. The van der Waals surface area contributed by atoms with Crippen LogP contribution in [-0.4, -0.2) is 12.0 Å². The van der Waals surface area contributed by atoms with Gasteiger partial charge in [0.25, 0.3) is 5.91 Å². The zero-order valence-electron chi connectivity index (χ0n) is 12.7. The highest BCUT2D eigenvalue weighted by Crippen LogP contribution is 2.31. The summed E-state index contributed by atoms with van der Waals surface area (Å²) in [7, 11) is 0. The van der Waals surface area contributed by atoms with Gasteiger partial charge in [-0.2, -0.15) is 13.2 Å². The number of halogens is 4. The number of carbonyl (C=O) groups is 1. The van der Waals surface area contributed by atoms with Crippen LogP contribution in [0.2, 0.25) is 5.02 Å². The van der Waals surface area contributed by atoms with Crippen molar-refractivity contribution in [1.82, 2.24) is 5.32 Å². The molecule has 0 aliphatic carbocycles. The van der Waals surface area contributed by atoms with E-state index in [0.29, 0.717) is 5.02 Å². The van der Waals surface area contributed by atoms with Crippen LogP contribution in [0.5, 0.6) is 5.75 Å². The number of benzene rings is 2. The predicted octanol–water partition coefficient (Wildman–Crippen LogP) is 4.44. The molecule has 2 aromatic rings. The first-order valence-corrected chi connectivity index (χ1v) is 7.50. The minimum absolute atomic E-state index is 0.0229. The molecule has 1 N–H and O–H groups in total. The fourth-order valence-electron chi connectivity index (χ4n) is 1.97. The van der Waals surface area contributed by atoms with Gasteiger partial charge in [0.15, 0.2) is 6.10 Å². The lowest BCUT2D eigenvalue weighted by molar-refractivity contribution is -0.137. The number of hydrogen-bond donors (Lipinski definition) is 1. The van der Waals surface area contributed by atoms with Crippen LogP contribution in [0.15, 0.2) is 48.5 Å². The Hall–Kier alpha value is -2.21. The third-order valence-electron chi connectivity index (χ3n) is 3.25. The van der Waals surface area contributed by atoms with Crippen LogP contribution in [0, 0.1) is 0 Å². The van der Waals surface area contributed by atoms with Crippen LogP contribution < -0.4 is 10.1 Å². The Morgan fingerprint density at radius 1 is 1.21 bits per heavy atom. The largest absolute Gasteiger partial charge is 0.481 e. The van der Waals surface area contributed by atoms with Crippen LogP contribution in [0.25, 0.3) is 0 Å². The maximum atomic E-state index is 12.7. The van der Waals surface area contributed by atoms with Crippen LogP contribution in [0.4, 0.5) is 13.2 Å². The first kappa shape index (κ1) is 18.1. The summed E-state index contributed by atoms with van der Waals surface area (Å²) in [5, 5.41) is 3.15. The maximum absolute atomic E-state index is 12.7. The summed E-state index contributed by atoms with van der Waals surface area (Å²) < 4.78 is 43.3. The molecule has 0 aromatic heterocycles. The summed E-state index contributed by atoms with van der Waals surface area (Å²) >= 11 is 5.99. The quantitative estimate of drug-likeness (QED) is 0.859. The molecule has 0 radical (unpaired) electrons. The van der Waals surface area contributed by atoms with Crippen molar-refractivity contribution in [2.45, 2.75) is 25.7 Å². The fraction of sp³-hybridized carbons (Fsp3) is 0.235. The Morgan fingerprint density at radius 2 is 1.92 bits per heavy atom. The van der Waals surface area contributed by atoms with E-state index in [1.54, 1.807) is 24.3 Å². The van der Waals surface area contributed by atoms with Gasteiger partial charge in [-0.1, -0.05) is 35.9 Å². The lowest BCUT2D eigenvalue weighted by Crippen LogP contribution is -2.36. The zero-order valence-corrected chi connectivity index (χ0v) is 13.5. The topological polar surface area (TPSA) is 38.3 Å². The van der Waals surface area contributed by atoms with Gasteiger partial charge in [-0.15, -0.1) is 0 Å². The Labute approximate surface area is 142 Å². The highest BCUT2D eigenvalue weighted by atomic mass is 35.5. The Balaban J connectivity index is 1.96. The van der Waals surface area contributed by atoms with Gasteiger partial charge in [-0.05, 0) is 36.8 Å². The lowest BCUT2D eigenvalue weighted by atomic mass is 10.2. The summed E-state index contributed by atoms with van der Waals surface area (Å²) in [6.07, 6.45) is -5.41. The zero-order chi connectivity index (χ0) is 17.7. The van der Waals surface area contributed by atoms with E-state index in [1.165, 1.54) is 19.1 Å². The normalized spacial score (nSPS) is 12.5. The summed E-state index contributed by atoms with van der Waals surface area (Å²) in [6, 6.07) is 11.4. The molecule has 128 valence electrons. The van der Waals surface area contributed by atoms with Crippen LogP contribution in [0.1, 0.15) is 18.1 Å². The van der Waals surface area contributed by atoms with Crippen molar-refractivity contribution >= 4 is 17.5 Å². The van der Waals surface area contributed by atoms with E-state index in [2.05, 4.69) is 5.32 Å². The van der Waals surface area contributed by atoms with Gasteiger partial charge in [0.05, 0.1) is 5.56 Å². The minimum Gasteiger partial charge on any atom is -0.481 e. The molecule has 0 saturated carbocycles. The average Bonchev–Trinajstić information content (AvgIpc) is 2.53. The van der Waals surface area contributed by atoms with Crippen LogP contribution >= 0.6 is 11.6 Å². The number of rotatable bonds is 5. The number of alkyl halides is 3. The smallest absolute Gasteiger partial charge is 0.416 e. The van der Waals surface area contributed by atoms with Gasteiger partial charge < -0.3 is 10.1 Å². The number of nitrogens with one attached hydrogen (secondary N) is 1. The van der Waals surface area contributed by atoms with Gasteiger partial charge in [0.1, 0.15) is 5.75 Å². The molecule has 0 fully saturated rings. The molecule has 0 saturated heterocycles. The molecule has 0 aliphatic rings. The van der Waals surface area contributed by atoms with Crippen LogP contribution in [-0.2, 0) is 17.5 Å². The van der Waals surface area contributed by atoms with E-state index < -0.39 is 23.8 Å². The minimum atomic E-state index is -4.46. The standard InChI is InChI=1S/C17H15ClF3NO2/c1-11(16(23)22-10-12-5-2-3-8-15(12)18)24-14-7-4-6-13(9-14)17(19,20)21/h2-9,11H,10H2,1H3,(H,22,23). The van der Waals surface area contributed by atoms with E-state index in [9.17, 15) is 18.0 Å². The molecule has 1 atom stereocenters.